The highest BCUT2D eigenvalue weighted by Crippen LogP contribution is 2.26. The number of likely N-dealkylation sites (tertiary alicyclic amines) is 1. The highest BCUT2D eigenvalue weighted by molar-refractivity contribution is 5.91. The van der Waals surface area contributed by atoms with E-state index in [1.165, 1.54) is 0 Å². The molecule has 5 heteroatoms. The van der Waals surface area contributed by atoms with Crippen LogP contribution < -0.4 is 11.1 Å². The molecule has 2 amide bonds. The van der Waals surface area contributed by atoms with E-state index in [1.54, 1.807) is 6.92 Å². The third-order valence-corrected chi connectivity index (χ3v) is 4.33. The Balaban J connectivity index is 1.88. The minimum absolute atomic E-state index is 0.0188. The molecule has 1 heterocycles. The lowest BCUT2D eigenvalue weighted by Gasteiger charge is -2.33. The van der Waals surface area contributed by atoms with Crippen molar-refractivity contribution < 1.29 is 9.59 Å². The molecule has 1 unspecified atom stereocenters. The van der Waals surface area contributed by atoms with Gasteiger partial charge in [-0.05, 0) is 32.6 Å². The lowest BCUT2D eigenvalue weighted by molar-refractivity contribution is -0.137. The molecule has 1 atom stereocenters. The largest absolute Gasteiger partial charge is 0.343 e. The van der Waals surface area contributed by atoms with Crippen molar-refractivity contribution in [2.24, 2.45) is 5.73 Å². The Labute approximate surface area is 114 Å². The van der Waals surface area contributed by atoms with E-state index < -0.39 is 11.6 Å². The Kier molecular flexibility index (Phi) is 4.45. The van der Waals surface area contributed by atoms with Crippen LogP contribution in [0.1, 0.15) is 51.9 Å². The molecule has 2 fully saturated rings. The van der Waals surface area contributed by atoms with Gasteiger partial charge in [0.05, 0.1) is 5.54 Å². The molecule has 0 aromatic rings. The Hall–Kier alpha value is -1.10. The van der Waals surface area contributed by atoms with Gasteiger partial charge in [0.2, 0.25) is 11.8 Å². The zero-order chi connectivity index (χ0) is 13.9. The maximum Gasteiger partial charge on any atom is 0.244 e. The Morgan fingerprint density at radius 2 is 1.68 bits per heavy atom. The van der Waals surface area contributed by atoms with Crippen LogP contribution in [0.15, 0.2) is 0 Å². The van der Waals surface area contributed by atoms with Crippen LogP contribution in [-0.2, 0) is 9.59 Å². The van der Waals surface area contributed by atoms with Gasteiger partial charge >= 0.3 is 0 Å². The summed E-state index contributed by atoms with van der Waals surface area (Å²) >= 11 is 0. The second kappa shape index (κ2) is 5.90. The quantitative estimate of drug-likeness (QED) is 0.793. The molecular formula is C14H25N3O2. The summed E-state index contributed by atoms with van der Waals surface area (Å²) in [4.78, 5) is 26.2. The van der Waals surface area contributed by atoms with E-state index in [9.17, 15) is 9.59 Å². The molecule has 108 valence electrons. The van der Waals surface area contributed by atoms with Crippen LogP contribution in [0, 0.1) is 0 Å². The van der Waals surface area contributed by atoms with Crippen LogP contribution in [0.3, 0.4) is 0 Å². The molecular weight excluding hydrogens is 242 g/mol. The third-order valence-electron chi connectivity index (χ3n) is 4.33. The predicted molar refractivity (Wildman–Crippen MR) is 73.4 cm³/mol. The van der Waals surface area contributed by atoms with Crippen molar-refractivity contribution in [3.05, 3.63) is 0 Å². The van der Waals surface area contributed by atoms with Gasteiger partial charge in [-0.15, -0.1) is 0 Å². The Morgan fingerprint density at radius 1 is 1.11 bits per heavy atom. The number of nitrogens with two attached hydrogens (primary N) is 1. The first-order valence-electron chi connectivity index (χ1n) is 7.41. The number of hydrogen-bond donors (Lipinski definition) is 2. The van der Waals surface area contributed by atoms with E-state index >= 15 is 0 Å². The first kappa shape index (κ1) is 14.3. The van der Waals surface area contributed by atoms with Gasteiger partial charge in [0.1, 0.15) is 6.04 Å². The molecule has 2 rings (SSSR count). The molecule has 3 N–H and O–H groups in total. The molecule has 0 spiro atoms. The third kappa shape index (κ3) is 3.26. The van der Waals surface area contributed by atoms with Crippen LogP contribution >= 0.6 is 0 Å². The second-order valence-electron chi connectivity index (χ2n) is 5.94. The van der Waals surface area contributed by atoms with Gasteiger partial charge in [-0.1, -0.05) is 19.3 Å². The van der Waals surface area contributed by atoms with Gasteiger partial charge in [-0.25, -0.2) is 0 Å². The minimum Gasteiger partial charge on any atom is -0.343 e. The zero-order valence-corrected chi connectivity index (χ0v) is 11.8. The number of rotatable bonds is 3. The van der Waals surface area contributed by atoms with Crippen molar-refractivity contribution in [3.8, 4) is 0 Å². The van der Waals surface area contributed by atoms with Gasteiger partial charge in [-0.2, -0.15) is 0 Å². The van der Waals surface area contributed by atoms with Crippen molar-refractivity contribution in [1.82, 2.24) is 10.2 Å². The lowest BCUT2D eigenvalue weighted by atomic mass is 9.82. The molecule has 1 aliphatic carbocycles. The maximum atomic E-state index is 12.2. The molecule has 5 nitrogen and oxygen atoms in total. The molecule has 1 aliphatic heterocycles. The van der Waals surface area contributed by atoms with Gasteiger partial charge in [0.25, 0.3) is 0 Å². The molecule has 2 aliphatic rings. The van der Waals surface area contributed by atoms with Crippen molar-refractivity contribution in [3.63, 3.8) is 0 Å². The predicted octanol–water partition coefficient (Wildman–Crippen LogP) is 0.775. The van der Waals surface area contributed by atoms with Gasteiger partial charge in [-0.3, -0.25) is 9.59 Å². The van der Waals surface area contributed by atoms with E-state index in [0.29, 0.717) is 0 Å². The fourth-order valence-corrected chi connectivity index (χ4v) is 3.02. The van der Waals surface area contributed by atoms with Gasteiger partial charge in [0, 0.05) is 13.1 Å². The Bertz CT molecular complexity index is 345. The summed E-state index contributed by atoms with van der Waals surface area (Å²) in [6.07, 6.45) is 6.72. The van der Waals surface area contributed by atoms with Crippen molar-refractivity contribution in [2.45, 2.75) is 63.5 Å². The summed E-state index contributed by atoms with van der Waals surface area (Å²) in [6.45, 7) is 3.38. The summed E-state index contributed by atoms with van der Waals surface area (Å²) < 4.78 is 0. The molecule has 0 aromatic carbocycles. The van der Waals surface area contributed by atoms with Crippen molar-refractivity contribution in [1.29, 1.82) is 0 Å². The van der Waals surface area contributed by atoms with Crippen LogP contribution in [0.5, 0.6) is 0 Å². The second-order valence-corrected chi connectivity index (χ2v) is 5.94. The topological polar surface area (TPSA) is 75.4 Å². The lowest BCUT2D eigenvalue weighted by Crippen LogP contribution is -2.58. The Morgan fingerprint density at radius 3 is 2.26 bits per heavy atom. The first-order chi connectivity index (χ1) is 9.03. The fraction of sp³-hybridized carbons (Fsp3) is 0.857. The van der Waals surface area contributed by atoms with Crippen LogP contribution in [0.2, 0.25) is 0 Å². The summed E-state index contributed by atoms with van der Waals surface area (Å²) in [5.41, 5.74) is 5.40. The average Bonchev–Trinajstić information content (AvgIpc) is 2.92. The van der Waals surface area contributed by atoms with E-state index in [-0.39, 0.29) is 11.8 Å². The van der Waals surface area contributed by atoms with Crippen molar-refractivity contribution in [2.75, 3.05) is 13.1 Å². The average molecular weight is 267 g/mol. The zero-order valence-electron chi connectivity index (χ0n) is 11.8. The smallest absolute Gasteiger partial charge is 0.244 e. The van der Waals surface area contributed by atoms with Crippen LogP contribution in [0.25, 0.3) is 0 Å². The number of nitrogens with zero attached hydrogens (tertiary/aromatic N) is 1. The summed E-state index contributed by atoms with van der Waals surface area (Å²) in [7, 11) is 0. The van der Waals surface area contributed by atoms with Crippen LogP contribution in [0.4, 0.5) is 0 Å². The number of carbonyl (C=O) groups excluding carboxylic acids is 2. The normalized spacial score (nSPS) is 24.0. The SMILES string of the molecule is CC(NC(=O)C1(N)CCCCC1)C(=O)N1CCCC1. The number of nitrogens with one attached hydrogen (secondary N) is 1. The highest BCUT2D eigenvalue weighted by Gasteiger charge is 2.37. The number of carbonyl (C=O) groups is 2. The number of amides is 2. The number of hydrogen-bond acceptors (Lipinski definition) is 3. The first-order valence-corrected chi connectivity index (χ1v) is 7.41. The van der Waals surface area contributed by atoms with Gasteiger partial charge in [0.15, 0.2) is 0 Å². The minimum atomic E-state index is -0.766. The molecule has 1 saturated carbocycles. The van der Waals surface area contributed by atoms with E-state index in [4.69, 9.17) is 5.73 Å². The summed E-state index contributed by atoms with van der Waals surface area (Å²) in [6, 6.07) is -0.465. The molecule has 0 bridgehead atoms. The highest BCUT2D eigenvalue weighted by atomic mass is 16.2. The van der Waals surface area contributed by atoms with Crippen molar-refractivity contribution >= 4 is 11.8 Å². The van der Waals surface area contributed by atoms with Gasteiger partial charge < -0.3 is 16.0 Å². The van der Waals surface area contributed by atoms with E-state index in [0.717, 1.165) is 58.0 Å². The molecule has 19 heavy (non-hydrogen) atoms. The summed E-state index contributed by atoms with van der Waals surface area (Å²) in [5, 5.41) is 2.81. The summed E-state index contributed by atoms with van der Waals surface area (Å²) in [5.74, 6) is -0.141. The fourth-order valence-electron chi connectivity index (χ4n) is 3.02. The molecule has 0 aromatic heterocycles. The maximum absolute atomic E-state index is 12.2. The van der Waals surface area contributed by atoms with E-state index in [2.05, 4.69) is 5.32 Å². The monoisotopic (exact) mass is 267 g/mol. The van der Waals surface area contributed by atoms with E-state index in [1.807, 2.05) is 4.90 Å². The standard InChI is InChI=1S/C14H25N3O2/c1-11(12(18)17-9-5-6-10-17)16-13(19)14(15)7-3-2-4-8-14/h11H,2-10,15H2,1H3,(H,16,19). The molecule has 0 radical (unpaired) electrons. The molecule has 1 saturated heterocycles. The van der Waals surface area contributed by atoms with Crippen LogP contribution in [-0.4, -0.2) is 41.4 Å².